The minimum Gasteiger partial charge on any atom is -0.345 e. The van der Waals surface area contributed by atoms with Gasteiger partial charge in [0.15, 0.2) is 5.57 Å². The third-order valence-electron chi connectivity index (χ3n) is 1.77. The highest BCUT2D eigenvalue weighted by Gasteiger charge is 2.06. The molecule has 82 valence electrons. The Morgan fingerprint density at radius 3 is 2.12 bits per heavy atom. The first-order valence-electron chi connectivity index (χ1n) is 4.29. The van der Waals surface area contributed by atoms with Crippen LogP contribution in [0.3, 0.4) is 0 Å². The van der Waals surface area contributed by atoms with Crippen LogP contribution in [0.4, 0.5) is 5.69 Å². The summed E-state index contributed by atoms with van der Waals surface area (Å²) in [4.78, 5) is 0. The lowest BCUT2D eigenvalue weighted by molar-refractivity contribution is 1.37. The molecule has 0 radical (unpaired) electrons. The van der Waals surface area contributed by atoms with Crippen molar-refractivity contribution in [2.75, 3.05) is 5.32 Å². The number of anilines is 1. The van der Waals surface area contributed by atoms with E-state index in [2.05, 4.69) is 37.2 Å². The maximum atomic E-state index is 8.85. The zero-order valence-corrected chi connectivity index (χ0v) is 11.5. The third-order valence-corrected chi connectivity index (χ3v) is 3.65. The monoisotopic (exact) mass is 350 g/mol. The molecule has 0 atom stereocenters. The van der Waals surface area contributed by atoms with E-state index in [-0.39, 0.29) is 11.3 Å². The van der Waals surface area contributed by atoms with E-state index < -0.39 is 0 Å². The van der Waals surface area contributed by atoms with E-state index in [4.69, 9.17) is 15.8 Å². The van der Waals surface area contributed by atoms with Crippen LogP contribution in [0.1, 0.15) is 0 Å². The van der Waals surface area contributed by atoms with Crippen molar-refractivity contribution in [3.8, 4) is 18.2 Å². The summed E-state index contributed by atoms with van der Waals surface area (Å²) in [6.45, 7) is 0. The van der Waals surface area contributed by atoms with Crippen LogP contribution in [0.15, 0.2) is 38.4 Å². The van der Waals surface area contributed by atoms with Crippen molar-refractivity contribution in [2.24, 2.45) is 0 Å². The minimum atomic E-state index is -0.244. The van der Waals surface area contributed by atoms with Gasteiger partial charge in [-0.05, 0) is 50.1 Å². The number of hydrogen-bond acceptors (Lipinski definition) is 4. The largest absolute Gasteiger partial charge is 0.345 e. The Labute approximate surface area is 115 Å². The molecule has 0 aliphatic rings. The standard InChI is InChI=1S/C11H4Br2N4/c12-9-2-1-8(3-10(9)13)17-11(6-16)7(4-14)5-15/h1-3,17H. The van der Waals surface area contributed by atoms with Crippen LogP contribution in [-0.4, -0.2) is 0 Å². The first-order valence-corrected chi connectivity index (χ1v) is 5.87. The fourth-order valence-electron chi connectivity index (χ4n) is 1.00. The van der Waals surface area contributed by atoms with Gasteiger partial charge in [0.2, 0.25) is 0 Å². The van der Waals surface area contributed by atoms with Crippen LogP contribution in [0.2, 0.25) is 0 Å². The van der Waals surface area contributed by atoms with E-state index in [0.29, 0.717) is 5.69 Å². The van der Waals surface area contributed by atoms with E-state index >= 15 is 0 Å². The fraction of sp³-hybridized carbons (Fsp3) is 0. The first-order chi connectivity index (χ1) is 8.12. The molecular formula is C11H4Br2N4. The van der Waals surface area contributed by atoms with Gasteiger partial charge < -0.3 is 5.32 Å². The zero-order chi connectivity index (χ0) is 12.8. The molecule has 0 fully saturated rings. The molecule has 1 rings (SSSR count). The lowest BCUT2D eigenvalue weighted by atomic mass is 10.2. The highest BCUT2D eigenvalue weighted by molar-refractivity contribution is 9.13. The normalized spacial score (nSPS) is 8.41. The van der Waals surface area contributed by atoms with E-state index in [9.17, 15) is 0 Å². The number of benzene rings is 1. The van der Waals surface area contributed by atoms with Gasteiger partial charge in [0.05, 0.1) is 0 Å². The van der Waals surface area contributed by atoms with Crippen molar-refractivity contribution in [2.45, 2.75) is 0 Å². The smallest absolute Gasteiger partial charge is 0.163 e. The molecule has 0 aromatic heterocycles. The Hall–Kier alpha value is -1.81. The number of nitrogens with zero attached hydrogens (tertiary/aromatic N) is 3. The minimum absolute atomic E-state index is 0.0655. The lowest BCUT2D eigenvalue weighted by Gasteiger charge is -2.05. The molecule has 0 saturated heterocycles. The summed E-state index contributed by atoms with van der Waals surface area (Å²) >= 11 is 6.63. The van der Waals surface area contributed by atoms with Gasteiger partial charge in [-0.25, -0.2) is 0 Å². The number of nitrogens with one attached hydrogen (secondary N) is 1. The second-order valence-electron chi connectivity index (χ2n) is 2.84. The highest BCUT2D eigenvalue weighted by atomic mass is 79.9. The molecule has 1 aromatic carbocycles. The Morgan fingerprint density at radius 1 is 1.00 bits per heavy atom. The lowest BCUT2D eigenvalue weighted by Crippen LogP contribution is -2.00. The summed E-state index contributed by atoms with van der Waals surface area (Å²) in [5.41, 5.74) is 0.301. The van der Waals surface area contributed by atoms with Crippen LogP contribution in [0.25, 0.3) is 0 Å². The van der Waals surface area contributed by atoms with Gasteiger partial charge in [0, 0.05) is 14.6 Å². The van der Waals surface area contributed by atoms with Crippen molar-refractivity contribution in [1.29, 1.82) is 15.8 Å². The van der Waals surface area contributed by atoms with Gasteiger partial charge in [-0.1, -0.05) is 0 Å². The molecule has 0 bridgehead atoms. The summed E-state index contributed by atoms with van der Waals surface area (Å²) < 4.78 is 1.67. The molecule has 0 aliphatic heterocycles. The van der Waals surface area contributed by atoms with Gasteiger partial charge in [-0.3, -0.25) is 0 Å². The van der Waals surface area contributed by atoms with Gasteiger partial charge >= 0.3 is 0 Å². The Balaban J connectivity index is 3.11. The zero-order valence-electron chi connectivity index (χ0n) is 8.33. The molecule has 17 heavy (non-hydrogen) atoms. The molecule has 6 heteroatoms. The maximum absolute atomic E-state index is 8.85. The van der Waals surface area contributed by atoms with E-state index in [1.165, 1.54) is 0 Å². The van der Waals surface area contributed by atoms with Crippen molar-refractivity contribution in [3.63, 3.8) is 0 Å². The van der Waals surface area contributed by atoms with Crippen LogP contribution in [0.5, 0.6) is 0 Å². The Kier molecular flexibility index (Phi) is 4.72. The molecule has 1 N–H and O–H groups in total. The average Bonchev–Trinajstić information content (AvgIpc) is 2.33. The number of nitriles is 3. The molecule has 0 unspecified atom stereocenters. The van der Waals surface area contributed by atoms with Crippen molar-refractivity contribution >= 4 is 37.5 Å². The first kappa shape index (κ1) is 13.3. The molecular weight excluding hydrogens is 348 g/mol. The quantitative estimate of drug-likeness (QED) is 0.827. The van der Waals surface area contributed by atoms with Crippen LogP contribution in [-0.2, 0) is 0 Å². The predicted octanol–water partition coefficient (Wildman–Crippen LogP) is 3.45. The molecule has 0 amide bonds. The van der Waals surface area contributed by atoms with Crippen molar-refractivity contribution in [1.82, 2.24) is 0 Å². The van der Waals surface area contributed by atoms with Crippen LogP contribution >= 0.6 is 31.9 Å². The number of rotatable bonds is 2. The summed E-state index contributed by atoms with van der Waals surface area (Å²) in [6.07, 6.45) is 0. The molecule has 0 saturated carbocycles. The van der Waals surface area contributed by atoms with Gasteiger partial charge in [-0.15, -0.1) is 0 Å². The van der Waals surface area contributed by atoms with E-state index in [1.54, 1.807) is 36.4 Å². The number of allylic oxidation sites excluding steroid dienone is 2. The second kappa shape index (κ2) is 6.06. The maximum Gasteiger partial charge on any atom is 0.163 e. The number of halogens is 2. The third kappa shape index (κ3) is 3.32. The second-order valence-corrected chi connectivity index (χ2v) is 4.55. The summed E-state index contributed by atoms with van der Waals surface area (Å²) in [5.74, 6) is 0. The molecule has 0 aliphatic carbocycles. The highest BCUT2D eigenvalue weighted by Crippen LogP contribution is 2.26. The van der Waals surface area contributed by atoms with E-state index in [1.807, 2.05) is 0 Å². The molecule has 4 nitrogen and oxygen atoms in total. The van der Waals surface area contributed by atoms with Crippen molar-refractivity contribution < 1.29 is 0 Å². The molecule has 0 heterocycles. The summed E-state index contributed by atoms with van der Waals surface area (Å²) in [5, 5.41) is 28.9. The van der Waals surface area contributed by atoms with Gasteiger partial charge in [0.25, 0.3) is 0 Å². The summed E-state index contributed by atoms with van der Waals surface area (Å²) in [7, 11) is 0. The predicted molar refractivity (Wildman–Crippen MR) is 69.3 cm³/mol. The topological polar surface area (TPSA) is 83.4 Å². The molecule has 0 spiro atoms. The van der Waals surface area contributed by atoms with Crippen molar-refractivity contribution in [3.05, 3.63) is 38.4 Å². The SMILES string of the molecule is N#CC(C#N)=C(C#N)Nc1ccc(Br)c(Br)c1. The molecule has 1 aromatic rings. The van der Waals surface area contributed by atoms with Gasteiger partial charge in [0.1, 0.15) is 23.9 Å². The van der Waals surface area contributed by atoms with Crippen LogP contribution in [0, 0.1) is 34.0 Å². The average molecular weight is 352 g/mol. The Morgan fingerprint density at radius 2 is 1.65 bits per heavy atom. The van der Waals surface area contributed by atoms with E-state index in [0.717, 1.165) is 8.95 Å². The van der Waals surface area contributed by atoms with Crippen LogP contribution < -0.4 is 5.32 Å². The number of hydrogen-bond donors (Lipinski definition) is 1. The summed E-state index contributed by atoms with van der Waals surface area (Å²) in [6, 6.07) is 10.3. The fourth-order valence-corrected chi connectivity index (χ4v) is 1.63. The Bertz CT molecular complexity index is 583. The van der Waals surface area contributed by atoms with Gasteiger partial charge in [-0.2, -0.15) is 15.8 Å².